The van der Waals surface area contributed by atoms with Crippen molar-refractivity contribution in [2.75, 3.05) is 31.1 Å². The summed E-state index contributed by atoms with van der Waals surface area (Å²) in [6.07, 6.45) is 6.77. The molecular formula is C19H30IN7. The molecule has 2 aromatic rings. The molecule has 0 radical (unpaired) electrons. The summed E-state index contributed by atoms with van der Waals surface area (Å²) in [6, 6.07) is 11.1. The van der Waals surface area contributed by atoms with E-state index in [4.69, 9.17) is 4.99 Å². The standard InChI is InChI=1S/C19H29N7.HI/c1-2-20-19(21-11-6-7-12-25-15-22-23-16-25)24-17-10-13-26(14-17)18-8-4-3-5-9-18;/h3-5,8-9,15-17H,2,6-7,10-14H2,1H3,(H2,20,21,24);1H. The number of aromatic nitrogens is 3. The number of anilines is 1. The molecular weight excluding hydrogens is 453 g/mol. The SMILES string of the molecule is CCNC(=NCCCCn1cnnc1)NC1CCN(c2ccccc2)C1.I. The third kappa shape index (κ3) is 7.00. The summed E-state index contributed by atoms with van der Waals surface area (Å²) < 4.78 is 2.00. The molecule has 3 rings (SSSR count). The van der Waals surface area contributed by atoms with Gasteiger partial charge in [0.2, 0.25) is 0 Å². The Morgan fingerprint density at radius 1 is 1.19 bits per heavy atom. The lowest BCUT2D eigenvalue weighted by Gasteiger charge is -2.20. The molecule has 0 spiro atoms. The first-order valence-corrected chi connectivity index (χ1v) is 9.52. The van der Waals surface area contributed by atoms with E-state index in [9.17, 15) is 0 Å². The highest BCUT2D eigenvalue weighted by molar-refractivity contribution is 14.0. The quantitative estimate of drug-likeness (QED) is 0.262. The minimum atomic E-state index is 0. The van der Waals surface area contributed by atoms with Crippen molar-refractivity contribution in [3.8, 4) is 0 Å². The van der Waals surface area contributed by atoms with Crippen LogP contribution in [0.3, 0.4) is 0 Å². The average Bonchev–Trinajstić information content (AvgIpc) is 3.34. The van der Waals surface area contributed by atoms with Crippen molar-refractivity contribution in [1.29, 1.82) is 0 Å². The van der Waals surface area contributed by atoms with E-state index in [1.54, 1.807) is 12.7 Å². The van der Waals surface area contributed by atoms with Gasteiger partial charge in [-0.15, -0.1) is 34.2 Å². The Balaban J connectivity index is 0.00000261. The van der Waals surface area contributed by atoms with Crippen LogP contribution >= 0.6 is 24.0 Å². The number of hydrogen-bond acceptors (Lipinski definition) is 4. The number of nitrogens with zero attached hydrogens (tertiary/aromatic N) is 5. The molecule has 1 atom stereocenters. The van der Waals surface area contributed by atoms with Gasteiger partial charge in [0.25, 0.3) is 0 Å². The number of nitrogens with one attached hydrogen (secondary N) is 2. The van der Waals surface area contributed by atoms with Gasteiger partial charge in [0.1, 0.15) is 12.7 Å². The fourth-order valence-corrected chi connectivity index (χ4v) is 3.20. The van der Waals surface area contributed by atoms with Crippen LogP contribution in [-0.4, -0.2) is 52.9 Å². The van der Waals surface area contributed by atoms with Gasteiger partial charge in [-0.1, -0.05) is 18.2 Å². The van der Waals surface area contributed by atoms with E-state index in [1.807, 2.05) is 4.57 Å². The first kappa shape index (κ1) is 21.5. The molecule has 1 aromatic heterocycles. The van der Waals surface area contributed by atoms with Gasteiger partial charge in [0.05, 0.1) is 0 Å². The fraction of sp³-hybridized carbons (Fsp3) is 0.526. The Morgan fingerprint density at radius 3 is 2.70 bits per heavy atom. The number of rotatable bonds is 8. The molecule has 2 heterocycles. The van der Waals surface area contributed by atoms with E-state index < -0.39 is 0 Å². The van der Waals surface area contributed by atoms with Crippen LogP contribution in [-0.2, 0) is 6.54 Å². The van der Waals surface area contributed by atoms with Crippen LogP contribution in [0, 0.1) is 0 Å². The molecule has 27 heavy (non-hydrogen) atoms. The first-order chi connectivity index (χ1) is 12.8. The molecule has 1 aromatic carbocycles. The average molecular weight is 483 g/mol. The van der Waals surface area contributed by atoms with Gasteiger partial charge in [-0.3, -0.25) is 4.99 Å². The molecule has 1 aliphatic heterocycles. The summed E-state index contributed by atoms with van der Waals surface area (Å²) in [5.74, 6) is 0.928. The predicted molar refractivity (Wildman–Crippen MR) is 121 cm³/mol. The zero-order chi connectivity index (χ0) is 18.0. The first-order valence-electron chi connectivity index (χ1n) is 9.52. The maximum Gasteiger partial charge on any atom is 0.191 e. The van der Waals surface area contributed by atoms with Crippen molar-refractivity contribution in [3.05, 3.63) is 43.0 Å². The molecule has 1 saturated heterocycles. The van der Waals surface area contributed by atoms with Crippen molar-refractivity contribution in [1.82, 2.24) is 25.4 Å². The van der Waals surface area contributed by atoms with Crippen LogP contribution in [0.2, 0.25) is 0 Å². The van der Waals surface area contributed by atoms with Crippen LogP contribution in [0.25, 0.3) is 0 Å². The number of benzene rings is 1. The summed E-state index contributed by atoms with van der Waals surface area (Å²) in [4.78, 5) is 7.16. The summed E-state index contributed by atoms with van der Waals surface area (Å²) in [7, 11) is 0. The van der Waals surface area contributed by atoms with Gasteiger partial charge in [-0.2, -0.15) is 0 Å². The number of aliphatic imine (C=N–C) groups is 1. The largest absolute Gasteiger partial charge is 0.369 e. The molecule has 7 nitrogen and oxygen atoms in total. The molecule has 1 unspecified atom stereocenters. The molecule has 0 bridgehead atoms. The third-order valence-electron chi connectivity index (χ3n) is 4.56. The second kappa shape index (κ2) is 11.8. The smallest absolute Gasteiger partial charge is 0.191 e. The highest BCUT2D eigenvalue weighted by atomic mass is 127. The normalized spacial score (nSPS) is 16.9. The predicted octanol–water partition coefficient (Wildman–Crippen LogP) is 2.51. The topological polar surface area (TPSA) is 70.4 Å². The molecule has 0 aliphatic carbocycles. The van der Waals surface area contributed by atoms with E-state index in [1.165, 1.54) is 5.69 Å². The highest BCUT2D eigenvalue weighted by Gasteiger charge is 2.23. The zero-order valence-corrected chi connectivity index (χ0v) is 18.3. The zero-order valence-electron chi connectivity index (χ0n) is 15.9. The molecule has 0 saturated carbocycles. The Hall–Kier alpha value is -1.84. The van der Waals surface area contributed by atoms with Crippen molar-refractivity contribution < 1.29 is 0 Å². The van der Waals surface area contributed by atoms with Crippen molar-refractivity contribution in [2.45, 2.75) is 38.8 Å². The minimum Gasteiger partial charge on any atom is -0.369 e. The summed E-state index contributed by atoms with van der Waals surface area (Å²) in [6.45, 7) is 6.85. The minimum absolute atomic E-state index is 0. The number of para-hydroxylation sites is 1. The van der Waals surface area contributed by atoms with Gasteiger partial charge in [0, 0.05) is 44.5 Å². The van der Waals surface area contributed by atoms with E-state index in [0.29, 0.717) is 6.04 Å². The van der Waals surface area contributed by atoms with E-state index >= 15 is 0 Å². The number of unbranched alkanes of at least 4 members (excludes halogenated alkanes) is 1. The number of guanidine groups is 1. The Morgan fingerprint density at radius 2 is 1.96 bits per heavy atom. The van der Waals surface area contributed by atoms with E-state index in [2.05, 4.69) is 63.0 Å². The lowest BCUT2D eigenvalue weighted by atomic mass is 10.2. The molecule has 2 N–H and O–H groups in total. The Kier molecular flexibility index (Phi) is 9.37. The summed E-state index contributed by atoms with van der Waals surface area (Å²) >= 11 is 0. The lowest BCUT2D eigenvalue weighted by Crippen LogP contribution is -2.44. The number of aryl methyl sites for hydroxylation is 1. The molecule has 1 fully saturated rings. The van der Waals surface area contributed by atoms with Crippen LogP contribution < -0.4 is 15.5 Å². The molecule has 148 valence electrons. The molecule has 0 amide bonds. The fourth-order valence-electron chi connectivity index (χ4n) is 3.20. The van der Waals surface area contributed by atoms with Crippen molar-refractivity contribution in [3.63, 3.8) is 0 Å². The lowest BCUT2D eigenvalue weighted by molar-refractivity contribution is 0.607. The van der Waals surface area contributed by atoms with Crippen molar-refractivity contribution >= 4 is 35.6 Å². The Labute approximate surface area is 178 Å². The highest BCUT2D eigenvalue weighted by Crippen LogP contribution is 2.19. The summed E-state index contributed by atoms with van der Waals surface area (Å²) in [5, 5.41) is 14.6. The number of halogens is 1. The van der Waals surface area contributed by atoms with E-state index in [0.717, 1.165) is 57.9 Å². The van der Waals surface area contributed by atoms with Gasteiger partial charge >= 0.3 is 0 Å². The maximum absolute atomic E-state index is 4.73. The summed E-state index contributed by atoms with van der Waals surface area (Å²) in [5.41, 5.74) is 1.30. The van der Waals surface area contributed by atoms with Crippen LogP contribution in [0.1, 0.15) is 26.2 Å². The van der Waals surface area contributed by atoms with Gasteiger partial charge in [-0.25, -0.2) is 0 Å². The van der Waals surface area contributed by atoms with Crippen molar-refractivity contribution in [2.24, 2.45) is 4.99 Å². The second-order valence-corrected chi connectivity index (χ2v) is 6.58. The molecule has 1 aliphatic rings. The molecule has 8 heteroatoms. The van der Waals surface area contributed by atoms with E-state index in [-0.39, 0.29) is 24.0 Å². The Bertz CT molecular complexity index is 660. The second-order valence-electron chi connectivity index (χ2n) is 6.58. The van der Waals surface area contributed by atoms with Crippen LogP contribution in [0.15, 0.2) is 48.0 Å². The van der Waals surface area contributed by atoms with Gasteiger partial charge in [0.15, 0.2) is 5.96 Å². The number of hydrogen-bond donors (Lipinski definition) is 2. The maximum atomic E-state index is 4.73. The van der Waals surface area contributed by atoms with Gasteiger partial charge in [-0.05, 0) is 38.3 Å². The van der Waals surface area contributed by atoms with Crippen LogP contribution in [0.4, 0.5) is 5.69 Å². The van der Waals surface area contributed by atoms with Crippen LogP contribution in [0.5, 0.6) is 0 Å². The monoisotopic (exact) mass is 483 g/mol. The van der Waals surface area contributed by atoms with Gasteiger partial charge < -0.3 is 20.1 Å². The third-order valence-corrected chi connectivity index (χ3v) is 4.56.